The van der Waals surface area contributed by atoms with Crippen LogP contribution < -0.4 is 10.6 Å². The molecule has 1 aliphatic rings. The molecule has 2 amide bonds. The average Bonchev–Trinajstić information content (AvgIpc) is 2.60. The largest absolute Gasteiger partial charge is 0.347 e. The molecule has 3 N–H and O–H groups in total. The third-order valence-corrected chi connectivity index (χ3v) is 2.41. The van der Waals surface area contributed by atoms with E-state index in [0.29, 0.717) is 12.6 Å². The number of nitrogens with zero attached hydrogens (tertiary/aromatic N) is 1. The Bertz CT molecular complexity index is 292. The van der Waals surface area contributed by atoms with Crippen molar-refractivity contribution in [1.29, 1.82) is 0 Å². The van der Waals surface area contributed by atoms with Crippen molar-refractivity contribution >= 4 is 6.03 Å². The third-order valence-electron chi connectivity index (χ3n) is 2.41. The monoisotopic (exact) mass is 194 g/mol. The zero-order valence-corrected chi connectivity index (χ0v) is 7.92. The van der Waals surface area contributed by atoms with Crippen LogP contribution in [0.15, 0.2) is 12.4 Å². The van der Waals surface area contributed by atoms with Crippen LogP contribution in [0.25, 0.3) is 0 Å². The summed E-state index contributed by atoms with van der Waals surface area (Å²) >= 11 is 0. The van der Waals surface area contributed by atoms with E-state index in [1.54, 1.807) is 12.4 Å². The third kappa shape index (κ3) is 2.25. The van der Waals surface area contributed by atoms with Gasteiger partial charge in [-0.05, 0) is 19.3 Å². The highest BCUT2D eigenvalue weighted by atomic mass is 16.2. The molecule has 0 unspecified atom stereocenters. The summed E-state index contributed by atoms with van der Waals surface area (Å²) in [6, 6.07) is 0.276. The number of carbonyl (C=O) groups excluding carboxylic acids is 1. The maximum Gasteiger partial charge on any atom is 0.315 e. The van der Waals surface area contributed by atoms with Gasteiger partial charge < -0.3 is 15.6 Å². The molecule has 1 aromatic rings. The molecule has 1 saturated carbocycles. The molecule has 0 saturated heterocycles. The minimum absolute atomic E-state index is 0.105. The molecule has 0 aliphatic heterocycles. The van der Waals surface area contributed by atoms with E-state index >= 15 is 0 Å². The first-order chi connectivity index (χ1) is 6.84. The molecule has 5 nitrogen and oxygen atoms in total. The van der Waals surface area contributed by atoms with Gasteiger partial charge in [-0.3, -0.25) is 0 Å². The Morgan fingerprint density at radius 2 is 2.50 bits per heavy atom. The van der Waals surface area contributed by atoms with Crippen molar-refractivity contribution in [2.24, 2.45) is 0 Å². The zero-order valence-electron chi connectivity index (χ0n) is 7.92. The van der Waals surface area contributed by atoms with Gasteiger partial charge in [0.05, 0.1) is 6.54 Å². The highest BCUT2D eigenvalue weighted by Crippen LogP contribution is 2.17. The fourth-order valence-corrected chi connectivity index (χ4v) is 1.35. The number of carbonyl (C=O) groups is 1. The van der Waals surface area contributed by atoms with Gasteiger partial charge in [-0.25, -0.2) is 9.78 Å². The van der Waals surface area contributed by atoms with Crippen LogP contribution in [0.4, 0.5) is 4.79 Å². The number of aromatic nitrogens is 2. The number of hydrogen-bond donors (Lipinski definition) is 3. The molecular formula is C9H14N4O. The molecule has 0 spiro atoms. The van der Waals surface area contributed by atoms with E-state index in [1.807, 2.05) is 0 Å². The molecule has 1 aliphatic carbocycles. The lowest BCUT2D eigenvalue weighted by Gasteiger charge is -2.26. The van der Waals surface area contributed by atoms with Crippen molar-refractivity contribution < 1.29 is 4.79 Å². The predicted octanol–water partition coefficient (Wildman–Crippen LogP) is 0.761. The van der Waals surface area contributed by atoms with Gasteiger partial charge in [0.25, 0.3) is 0 Å². The Hall–Kier alpha value is -1.52. The predicted molar refractivity (Wildman–Crippen MR) is 51.6 cm³/mol. The summed E-state index contributed by atoms with van der Waals surface area (Å²) in [5.41, 5.74) is 0. The standard InChI is InChI=1S/C9H14N4O/c14-9(13-7-2-1-3-7)12-6-8-10-4-5-11-8/h4-5,7H,1-3,6H2,(H,10,11)(H2,12,13,14). The maximum atomic E-state index is 11.3. The summed E-state index contributed by atoms with van der Waals surface area (Å²) < 4.78 is 0. The Balaban J connectivity index is 1.67. The minimum Gasteiger partial charge on any atom is -0.347 e. The van der Waals surface area contributed by atoms with Crippen LogP contribution >= 0.6 is 0 Å². The molecule has 76 valence electrons. The second-order valence-electron chi connectivity index (χ2n) is 3.49. The van der Waals surface area contributed by atoms with Gasteiger partial charge in [0.15, 0.2) is 0 Å². The van der Waals surface area contributed by atoms with E-state index in [0.717, 1.165) is 18.7 Å². The number of imidazole rings is 1. The quantitative estimate of drug-likeness (QED) is 0.665. The fourth-order valence-electron chi connectivity index (χ4n) is 1.35. The molecule has 5 heteroatoms. The first kappa shape index (κ1) is 9.05. The summed E-state index contributed by atoms with van der Waals surface area (Å²) in [6.07, 6.45) is 6.84. The first-order valence-corrected chi connectivity index (χ1v) is 4.87. The van der Waals surface area contributed by atoms with E-state index in [-0.39, 0.29) is 6.03 Å². The smallest absolute Gasteiger partial charge is 0.315 e. The summed E-state index contributed by atoms with van der Waals surface area (Å²) in [6.45, 7) is 0.450. The average molecular weight is 194 g/mol. The van der Waals surface area contributed by atoms with E-state index in [2.05, 4.69) is 20.6 Å². The number of hydrogen-bond acceptors (Lipinski definition) is 2. The molecule has 1 fully saturated rings. The van der Waals surface area contributed by atoms with Crippen molar-refractivity contribution in [2.45, 2.75) is 31.8 Å². The summed E-state index contributed by atoms with van der Waals surface area (Å²) in [5, 5.41) is 5.63. The molecular weight excluding hydrogens is 180 g/mol. The van der Waals surface area contributed by atoms with Crippen molar-refractivity contribution in [3.8, 4) is 0 Å². The Labute approximate surface area is 82.3 Å². The topological polar surface area (TPSA) is 69.8 Å². The van der Waals surface area contributed by atoms with E-state index in [9.17, 15) is 4.79 Å². The van der Waals surface area contributed by atoms with Crippen molar-refractivity contribution in [2.75, 3.05) is 0 Å². The van der Waals surface area contributed by atoms with Crippen LogP contribution in [0, 0.1) is 0 Å². The molecule has 1 aromatic heterocycles. The summed E-state index contributed by atoms with van der Waals surface area (Å²) in [7, 11) is 0. The van der Waals surface area contributed by atoms with E-state index in [4.69, 9.17) is 0 Å². The Kier molecular flexibility index (Phi) is 2.67. The van der Waals surface area contributed by atoms with Crippen molar-refractivity contribution in [1.82, 2.24) is 20.6 Å². The van der Waals surface area contributed by atoms with Gasteiger partial charge in [0, 0.05) is 18.4 Å². The lowest BCUT2D eigenvalue weighted by molar-refractivity contribution is 0.228. The second kappa shape index (κ2) is 4.13. The minimum atomic E-state index is -0.105. The van der Waals surface area contributed by atoms with E-state index in [1.165, 1.54) is 6.42 Å². The first-order valence-electron chi connectivity index (χ1n) is 4.87. The van der Waals surface area contributed by atoms with Crippen LogP contribution in [0.3, 0.4) is 0 Å². The molecule has 0 aromatic carbocycles. The van der Waals surface area contributed by atoms with Crippen LogP contribution in [-0.4, -0.2) is 22.0 Å². The molecule has 14 heavy (non-hydrogen) atoms. The number of H-pyrrole nitrogens is 1. The SMILES string of the molecule is O=C(NCc1ncc[nH]1)NC1CCC1. The van der Waals surface area contributed by atoms with Crippen LogP contribution in [0.1, 0.15) is 25.1 Å². The van der Waals surface area contributed by atoms with Crippen LogP contribution in [-0.2, 0) is 6.54 Å². The summed E-state index contributed by atoms with van der Waals surface area (Å²) in [5.74, 6) is 0.772. The van der Waals surface area contributed by atoms with Gasteiger partial charge in [0.1, 0.15) is 5.82 Å². The zero-order chi connectivity index (χ0) is 9.80. The molecule has 1 heterocycles. The number of rotatable bonds is 3. The Morgan fingerprint density at radius 3 is 3.07 bits per heavy atom. The highest BCUT2D eigenvalue weighted by molar-refractivity contribution is 5.74. The van der Waals surface area contributed by atoms with Gasteiger partial charge in [-0.1, -0.05) is 0 Å². The summed E-state index contributed by atoms with van der Waals surface area (Å²) in [4.78, 5) is 18.2. The van der Waals surface area contributed by atoms with Crippen molar-refractivity contribution in [3.63, 3.8) is 0 Å². The van der Waals surface area contributed by atoms with Gasteiger partial charge in [-0.15, -0.1) is 0 Å². The molecule has 0 atom stereocenters. The highest BCUT2D eigenvalue weighted by Gasteiger charge is 2.18. The Morgan fingerprint density at radius 1 is 1.64 bits per heavy atom. The normalized spacial score (nSPS) is 16.0. The van der Waals surface area contributed by atoms with Crippen LogP contribution in [0.2, 0.25) is 0 Å². The molecule has 0 bridgehead atoms. The van der Waals surface area contributed by atoms with Crippen molar-refractivity contribution in [3.05, 3.63) is 18.2 Å². The second-order valence-corrected chi connectivity index (χ2v) is 3.49. The number of nitrogens with one attached hydrogen (secondary N) is 3. The van der Waals surface area contributed by atoms with Gasteiger partial charge in [0.2, 0.25) is 0 Å². The number of urea groups is 1. The lowest BCUT2D eigenvalue weighted by atomic mass is 9.93. The van der Waals surface area contributed by atoms with E-state index < -0.39 is 0 Å². The number of amides is 2. The van der Waals surface area contributed by atoms with Crippen LogP contribution in [0.5, 0.6) is 0 Å². The van der Waals surface area contributed by atoms with Gasteiger partial charge in [-0.2, -0.15) is 0 Å². The molecule has 0 radical (unpaired) electrons. The maximum absolute atomic E-state index is 11.3. The fraction of sp³-hybridized carbons (Fsp3) is 0.556. The molecule has 2 rings (SSSR count). The number of aromatic amines is 1. The lowest BCUT2D eigenvalue weighted by Crippen LogP contribution is -2.44. The van der Waals surface area contributed by atoms with Gasteiger partial charge >= 0.3 is 6.03 Å².